The molecule has 8 heteroatoms. The Morgan fingerprint density at radius 1 is 1.32 bits per heavy atom. The minimum absolute atomic E-state index is 0.105. The van der Waals surface area contributed by atoms with Gasteiger partial charge in [0.25, 0.3) is 5.71 Å². The highest BCUT2D eigenvalue weighted by Crippen LogP contribution is 2.25. The lowest BCUT2D eigenvalue weighted by atomic mass is 10.2. The van der Waals surface area contributed by atoms with Crippen molar-refractivity contribution in [3.05, 3.63) is 29.7 Å². The Labute approximate surface area is 127 Å². The number of oxazole rings is 1. The number of methoxy groups -OCH3 is 1. The molecule has 3 aromatic rings. The molecule has 0 fully saturated rings. The maximum absolute atomic E-state index is 5.49. The average Bonchev–Trinajstić information content (AvgIpc) is 3.03. The molecule has 0 bridgehead atoms. The van der Waals surface area contributed by atoms with E-state index >= 15 is 0 Å². The quantitative estimate of drug-likeness (QED) is 0.768. The molecule has 8 nitrogen and oxygen atoms in total. The van der Waals surface area contributed by atoms with Gasteiger partial charge in [-0.3, -0.25) is 4.68 Å². The zero-order valence-corrected chi connectivity index (χ0v) is 13.0. The average molecular weight is 302 g/mol. The fraction of sp³-hybridized carbons (Fsp3) is 0.429. The van der Waals surface area contributed by atoms with E-state index < -0.39 is 0 Å². The Kier molecular flexibility index (Phi) is 3.76. The van der Waals surface area contributed by atoms with Gasteiger partial charge in [0.1, 0.15) is 5.82 Å². The Bertz CT molecular complexity index is 794. The minimum Gasteiger partial charge on any atom is -0.422 e. The summed E-state index contributed by atoms with van der Waals surface area (Å²) in [5, 5.41) is 7.56. The monoisotopic (exact) mass is 302 g/mol. The van der Waals surface area contributed by atoms with E-state index in [0.29, 0.717) is 35.4 Å². The molecule has 0 saturated heterocycles. The summed E-state index contributed by atoms with van der Waals surface area (Å²) in [5.41, 5.74) is 2.09. The van der Waals surface area contributed by atoms with Crippen LogP contribution in [0.5, 0.6) is 0 Å². The van der Waals surface area contributed by atoms with Gasteiger partial charge in [-0.1, -0.05) is 0 Å². The Hall–Kier alpha value is -2.48. The van der Waals surface area contributed by atoms with Crippen LogP contribution in [-0.4, -0.2) is 38.4 Å². The molecular formula is C14H18N6O2. The zero-order valence-electron chi connectivity index (χ0n) is 13.0. The van der Waals surface area contributed by atoms with Crippen LogP contribution in [-0.2, 0) is 11.8 Å². The van der Waals surface area contributed by atoms with E-state index in [0.717, 1.165) is 5.69 Å². The highest BCUT2D eigenvalue weighted by atomic mass is 16.5. The van der Waals surface area contributed by atoms with Crippen LogP contribution in [0.2, 0.25) is 0 Å². The fourth-order valence-electron chi connectivity index (χ4n) is 2.39. The van der Waals surface area contributed by atoms with Gasteiger partial charge < -0.3 is 14.5 Å². The maximum atomic E-state index is 5.49. The standard InChI is InChI=1S/C14H18N6O2/c1-8-16-13(12-14(17-8)22-9(2)18-12)19-10(7-21-4)11-5-6-15-20(11)3/h5-6,10H,7H2,1-4H3,(H,16,17,19). The SMILES string of the molecule is COCC(Nc1nc(C)nc2oc(C)nc12)c1ccnn1C. The first-order valence-corrected chi connectivity index (χ1v) is 6.93. The van der Waals surface area contributed by atoms with Crippen molar-refractivity contribution in [2.24, 2.45) is 7.05 Å². The van der Waals surface area contributed by atoms with Crippen molar-refractivity contribution in [2.45, 2.75) is 19.9 Å². The molecule has 116 valence electrons. The molecule has 3 heterocycles. The van der Waals surface area contributed by atoms with Gasteiger partial charge in [-0.2, -0.15) is 10.1 Å². The van der Waals surface area contributed by atoms with Crippen LogP contribution in [0.1, 0.15) is 23.5 Å². The molecule has 3 aromatic heterocycles. The molecule has 3 rings (SSSR count). The van der Waals surface area contributed by atoms with E-state index in [9.17, 15) is 0 Å². The lowest BCUT2D eigenvalue weighted by molar-refractivity contribution is 0.184. The Morgan fingerprint density at radius 3 is 2.82 bits per heavy atom. The summed E-state index contributed by atoms with van der Waals surface area (Å²) in [6.45, 7) is 4.08. The first kappa shape index (κ1) is 14.5. The second kappa shape index (κ2) is 5.72. The number of rotatable bonds is 5. The van der Waals surface area contributed by atoms with E-state index in [1.165, 1.54) is 0 Å². The van der Waals surface area contributed by atoms with Crippen LogP contribution >= 0.6 is 0 Å². The van der Waals surface area contributed by atoms with E-state index in [-0.39, 0.29) is 6.04 Å². The zero-order chi connectivity index (χ0) is 15.7. The third-order valence-corrected chi connectivity index (χ3v) is 3.34. The summed E-state index contributed by atoms with van der Waals surface area (Å²) in [4.78, 5) is 13.1. The Morgan fingerprint density at radius 2 is 2.14 bits per heavy atom. The number of aryl methyl sites for hydroxylation is 3. The van der Waals surface area contributed by atoms with Crippen LogP contribution in [0.4, 0.5) is 5.82 Å². The van der Waals surface area contributed by atoms with Gasteiger partial charge in [0.2, 0.25) is 0 Å². The van der Waals surface area contributed by atoms with Crippen molar-refractivity contribution in [1.82, 2.24) is 24.7 Å². The largest absolute Gasteiger partial charge is 0.422 e. The minimum atomic E-state index is -0.105. The van der Waals surface area contributed by atoms with Gasteiger partial charge in [0.05, 0.1) is 18.3 Å². The van der Waals surface area contributed by atoms with E-state index in [2.05, 4.69) is 25.4 Å². The van der Waals surface area contributed by atoms with Crippen molar-refractivity contribution in [3.63, 3.8) is 0 Å². The van der Waals surface area contributed by atoms with Crippen LogP contribution in [0.3, 0.4) is 0 Å². The third kappa shape index (κ3) is 2.64. The van der Waals surface area contributed by atoms with Crippen molar-refractivity contribution >= 4 is 17.0 Å². The molecule has 0 aliphatic heterocycles. The van der Waals surface area contributed by atoms with Gasteiger partial charge in [0.15, 0.2) is 17.2 Å². The van der Waals surface area contributed by atoms with Gasteiger partial charge >= 0.3 is 0 Å². The molecular weight excluding hydrogens is 284 g/mol. The number of hydrogen-bond acceptors (Lipinski definition) is 7. The number of fused-ring (bicyclic) bond motifs is 1. The fourth-order valence-corrected chi connectivity index (χ4v) is 2.39. The summed E-state index contributed by atoms with van der Waals surface area (Å²) in [6, 6.07) is 1.84. The van der Waals surface area contributed by atoms with Crippen molar-refractivity contribution in [2.75, 3.05) is 19.0 Å². The smallest absolute Gasteiger partial charge is 0.252 e. The van der Waals surface area contributed by atoms with Crippen molar-refractivity contribution in [3.8, 4) is 0 Å². The van der Waals surface area contributed by atoms with Crippen LogP contribution in [0.25, 0.3) is 11.2 Å². The summed E-state index contributed by atoms with van der Waals surface area (Å²) in [5.74, 6) is 1.80. The van der Waals surface area contributed by atoms with Gasteiger partial charge in [-0.05, 0) is 13.0 Å². The number of hydrogen-bond donors (Lipinski definition) is 1. The normalized spacial score (nSPS) is 12.7. The van der Waals surface area contributed by atoms with Crippen molar-refractivity contribution < 1.29 is 9.15 Å². The van der Waals surface area contributed by atoms with Gasteiger partial charge in [-0.15, -0.1) is 0 Å². The van der Waals surface area contributed by atoms with Gasteiger partial charge in [0, 0.05) is 27.3 Å². The molecule has 0 aliphatic rings. The third-order valence-electron chi connectivity index (χ3n) is 3.34. The summed E-state index contributed by atoms with van der Waals surface area (Å²) in [7, 11) is 3.55. The molecule has 1 atom stereocenters. The lowest BCUT2D eigenvalue weighted by Crippen LogP contribution is -2.20. The molecule has 1 N–H and O–H groups in total. The number of anilines is 1. The molecule has 0 spiro atoms. The highest BCUT2D eigenvalue weighted by Gasteiger charge is 2.19. The number of nitrogens with zero attached hydrogens (tertiary/aromatic N) is 5. The number of aromatic nitrogens is 5. The maximum Gasteiger partial charge on any atom is 0.252 e. The molecule has 1 unspecified atom stereocenters. The van der Waals surface area contributed by atoms with Crippen molar-refractivity contribution in [1.29, 1.82) is 0 Å². The summed E-state index contributed by atoms with van der Waals surface area (Å²) >= 11 is 0. The van der Waals surface area contributed by atoms with E-state index in [4.69, 9.17) is 9.15 Å². The molecule has 0 amide bonds. The molecule has 0 aliphatic carbocycles. The summed E-state index contributed by atoms with van der Waals surface area (Å²) < 4.78 is 12.6. The predicted molar refractivity (Wildman–Crippen MR) is 80.5 cm³/mol. The lowest BCUT2D eigenvalue weighted by Gasteiger charge is -2.19. The van der Waals surface area contributed by atoms with E-state index in [1.54, 1.807) is 24.9 Å². The van der Waals surface area contributed by atoms with Crippen LogP contribution in [0, 0.1) is 13.8 Å². The number of ether oxygens (including phenoxy) is 1. The number of nitrogens with one attached hydrogen (secondary N) is 1. The molecule has 0 radical (unpaired) electrons. The van der Waals surface area contributed by atoms with Gasteiger partial charge in [-0.25, -0.2) is 9.97 Å². The molecule has 0 saturated carbocycles. The van der Waals surface area contributed by atoms with E-state index in [1.807, 2.05) is 20.0 Å². The first-order chi connectivity index (χ1) is 10.6. The van der Waals surface area contributed by atoms with Crippen LogP contribution < -0.4 is 5.32 Å². The van der Waals surface area contributed by atoms with Crippen LogP contribution in [0.15, 0.2) is 16.7 Å². The predicted octanol–water partition coefficient (Wildman–Crippen LogP) is 1.77. The summed E-state index contributed by atoms with van der Waals surface area (Å²) in [6.07, 6.45) is 1.75. The second-order valence-electron chi connectivity index (χ2n) is 5.04. The highest BCUT2D eigenvalue weighted by molar-refractivity contribution is 5.81. The Balaban J connectivity index is 2.01. The molecule has 22 heavy (non-hydrogen) atoms. The molecule has 0 aromatic carbocycles. The topological polar surface area (TPSA) is 90.9 Å². The first-order valence-electron chi connectivity index (χ1n) is 6.93. The second-order valence-corrected chi connectivity index (χ2v) is 5.04.